The first-order valence-corrected chi connectivity index (χ1v) is 14.3. The van der Waals surface area contributed by atoms with Gasteiger partial charge in [0, 0.05) is 36.7 Å². The Labute approximate surface area is 245 Å². The van der Waals surface area contributed by atoms with Crippen molar-refractivity contribution in [3.63, 3.8) is 0 Å². The third-order valence-electron chi connectivity index (χ3n) is 9.00. The van der Waals surface area contributed by atoms with Crippen LogP contribution in [0.5, 0.6) is 11.8 Å². The predicted octanol–water partition coefficient (Wildman–Crippen LogP) is 5.26. The smallest absolute Gasteiger partial charge is 0.317 e. The zero-order chi connectivity index (χ0) is 29.9. The number of terminal acetylenes is 1. The molecule has 43 heavy (non-hydrogen) atoms. The van der Waals surface area contributed by atoms with Gasteiger partial charge in [0.05, 0.1) is 22.6 Å². The molecule has 8 nitrogen and oxygen atoms in total. The minimum absolute atomic E-state index is 0.0765. The molecule has 11 heteroatoms. The SMILES string of the molecule is C#Cc1c(F)ccc2cc(O)cc(-c3nc(N4CCC[C@@H]4C#N)c4cnc(OC[C@@]56CCCN5C[C@H](F)C6)nc4c3F)c12. The van der Waals surface area contributed by atoms with E-state index in [2.05, 4.69) is 31.8 Å². The van der Waals surface area contributed by atoms with Gasteiger partial charge in [0.2, 0.25) is 0 Å². The number of hydrogen-bond donors (Lipinski definition) is 1. The Balaban J connectivity index is 1.41. The highest BCUT2D eigenvalue weighted by molar-refractivity contribution is 6.03. The quantitative estimate of drug-likeness (QED) is 0.318. The molecule has 2 aromatic heterocycles. The van der Waals surface area contributed by atoms with Crippen LogP contribution in [0.3, 0.4) is 0 Å². The number of fused-ring (bicyclic) bond motifs is 3. The molecule has 7 rings (SSSR count). The molecular formula is C32H27F3N6O2. The largest absolute Gasteiger partial charge is 0.508 e. The molecule has 2 aromatic carbocycles. The number of halogens is 3. The molecule has 3 fully saturated rings. The van der Waals surface area contributed by atoms with Crippen molar-refractivity contribution in [2.24, 2.45) is 0 Å². The van der Waals surface area contributed by atoms with Crippen LogP contribution in [0.1, 0.15) is 37.7 Å². The van der Waals surface area contributed by atoms with Crippen molar-refractivity contribution in [2.45, 2.75) is 49.9 Å². The summed E-state index contributed by atoms with van der Waals surface area (Å²) in [6.07, 6.45) is 9.57. The maximum absolute atomic E-state index is 16.6. The third-order valence-corrected chi connectivity index (χ3v) is 9.00. The average molecular weight is 585 g/mol. The van der Waals surface area contributed by atoms with E-state index in [1.54, 1.807) is 4.90 Å². The first-order valence-electron chi connectivity index (χ1n) is 14.3. The predicted molar refractivity (Wildman–Crippen MR) is 154 cm³/mol. The minimum Gasteiger partial charge on any atom is -0.508 e. The van der Waals surface area contributed by atoms with Crippen molar-refractivity contribution in [1.82, 2.24) is 19.9 Å². The van der Waals surface area contributed by atoms with E-state index < -0.39 is 29.4 Å². The first-order chi connectivity index (χ1) is 20.8. The molecule has 0 radical (unpaired) electrons. The summed E-state index contributed by atoms with van der Waals surface area (Å²) in [5, 5.41) is 21.3. The number of anilines is 1. The fraction of sp³-hybridized carbons (Fsp3) is 0.375. The van der Waals surface area contributed by atoms with Gasteiger partial charge >= 0.3 is 6.01 Å². The number of alkyl halides is 1. The molecule has 218 valence electrons. The molecule has 3 aliphatic rings. The number of nitriles is 1. The van der Waals surface area contributed by atoms with Crippen molar-refractivity contribution in [3.05, 3.63) is 47.7 Å². The highest BCUT2D eigenvalue weighted by atomic mass is 19.1. The van der Waals surface area contributed by atoms with E-state index in [0.29, 0.717) is 31.3 Å². The van der Waals surface area contributed by atoms with Crippen molar-refractivity contribution in [1.29, 1.82) is 5.26 Å². The molecule has 0 aliphatic carbocycles. The maximum atomic E-state index is 16.6. The van der Waals surface area contributed by atoms with Crippen LogP contribution in [-0.2, 0) is 0 Å². The molecule has 1 N–H and O–H groups in total. The lowest BCUT2D eigenvalue weighted by Crippen LogP contribution is -2.43. The van der Waals surface area contributed by atoms with E-state index in [-0.39, 0.29) is 57.3 Å². The number of aromatic hydroxyl groups is 1. The molecule has 0 amide bonds. The Morgan fingerprint density at radius 3 is 2.86 bits per heavy atom. The zero-order valence-corrected chi connectivity index (χ0v) is 23.2. The monoisotopic (exact) mass is 584 g/mol. The molecule has 0 unspecified atom stereocenters. The van der Waals surface area contributed by atoms with Crippen LogP contribution < -0.4 is 9.64 Å². The summed E-state index contributed by atoms with van der Waals surface area (Å²) >= 11 is 0. The fourth-order valence-corrected chi connectivity index (χ4v) is 7.05. The van der Waals surface area contributed by atoms with Crippen LogP contribution in [0, 0.1) is 35.3 Å². The van der Waals surface area contributed by atoms with Gasteiger partial charge in [-0.3, -0.25) is 4.90 Å². The standard InChI is InChI=1S/C32H27F3N6O2/c1-2-22-25(34)7-6-18-11-21(42)12-23(26(18)22)28-27(35)29-24(30(38-28)41-10-3-5-20(41)14-36)15-37-31(39-29)43-17-32-8-4-9-40(32)16-19(33)13-32/h1,6-7,11-12,15,19-20,42H,3-5,8-10,13,16-17H2/t19-,20-,32+/m1/s1. The zero-order valence-electron chi connectivity index (χ0n) is 23.2. The summed E-state index contributed by atoms with van der Waals surface area (Å²) < 4.78 is 51.7. The number of rotatable bonds is 5. The van der Waals surface area contributed by atoms with Crippen molar-refractivity contribution >= 4 is 27.5 Å². The number of nitrogens with zero attached hydrogens (tertiary/aromatic N) is 6. The third kappa shape index (κ3) is 4.38. The molecule has 3 saturated heterocycles. The van der Waals surface area contributed by atoms with Gasteiger partial charge in [0.1, 0.15) is 47.4 Å². The van der Waals surface area contributed by atoms with Crippen LogP contribution in [0.2, 0.25) is 0 Å². The molecule has 0 saturated carbocycles. The number of aromatic nitrogens is 3. The van der Waals surface area contributed by atoms with Crippen LogP contribution in [0.15, 0.2) is 30.5 Å². The van der Waals surface area contributed by atoms with Crippen molar-refractivity contribution < 1.29 is 23.0 Å². The number of phenols is 1. The Morgan fingerprint density at radius 1 is 1.19 bits per heavy atom. The lowest BCUT2D eigenvalue weighted by Gasteiger charge is -2.30. The number of pyridine rings is 1. The van der Waals surface area contributed by atoms with E-state index in [9.17, 15) is 19.1 Å². The fourth-order valence-electron chi connectivity index (χ4n) is 7.05. The second-order valence-electron chi connectivity index (χ2n) is 11.5. The minimum atomic E-state index is -0.932. The van der Waals surface area contributed by atoms with Gasteiger partial charge in [-0.2, -0.15) is 10.2 Å². The molecule has 5 heterocycles. The van der Waals surface area contributed by atoms with Gasteiger partial charge in [-0.25, -0.2) is 23.1 Å². The normalized spacial score (nSPS) is 23.5. The Bertz CT molecular complexity index is 1870. The summed E-state index contributed by atoms with van der Waals surface area (Å²) in [6, 6.07) is 7.03. The van der Waals surface area contributed by atoms with E-state index in [1.807, 2.05) is 0 Å². The van der Waals surface area contributed by atoms with Crippen LogP contribution in [0.4, 0.5) is 19.0 Å². The summed E-state index contributed by atoms with van der Waals surface area (Å²) in [5.41, 5.74) is -0.787. The van der Waals surface area contributed by atoms with E-state index >= 15 is 4.39 Å². The number of hydrogen-bond acceptors (Lipinski definition) is 8. The topological polar surface area (TPSA) is 98.4 Å². The van der Waals surface area contributed by atoms with Gasteiger partial charge in [-0.05, 0) is 55.8 Å². The first kappa shape index (κ1) is 27.2. The van der Waals surface area contributed by atoms with Crippen molar-refractivity contribution in [2.75, 3.05) is 31.1 Å². The average Bonchev–Trinajstić information content (AvgIpc) is 3.70. The number of ether oxygens (including phenoxy) is 1. The van der Waals surface area contributed by atoms with Gasteiger partial charge < -0.3 is 14.7 Å². The van der Waals surface area contributed by atoms with E-state index in [4.69, 9.17) is 11.2 Å². The van der Waals surface area contributed by atoms with Crippen LogP contribution in [-0.4, -0.2) is 69.0 Å². The Kier molecular flexibility index (Phi) is 6.51. The van der Waals surface area contributed by atoms with Gasteiger partial charge in [0.25, 0.3) is 0 Å². The highest BCUT2D eigenvalue weighted by Gasteiger charge is 2.49. The Morgan fingerprint density at radius 2 is 2.05 bits per heavy atom. The summed E-state index contributed by atoms with van der Waals surface area (Å²) in [5.74, 6) is 0.927. The summed E-state index contributed by atoms with van der Waals surface area (Å²) in [7, 11) is 0. The molecule has 4 aromatic rings. The second-order valence-corrected chi connectivity index (χ2v) is 11.5. The maximum Gasteiger partial charge on any atom is 0.317 e. The molecule has 0 spiro atoms. The lowest BCUT2D eigenvalue weighted by atomic mass is 9.95. The van der Waals surface area contributed by atoms with Gasteiger partial charge in [-0.1, -0.05) is 12.0 Å². The summed E-state index contributed by atoms with van der Waals surface area (Å²) in [4.78, 5) is 17.3. The van der Waals surface area contributed by atoms with Crippen LogP contribution >= 0.6 is 0 Å². The number of benzene rings is 2. The van der Waals surface area contributed by atoms with Crippen LogP contribution in [0.25, 0.3) is 32.9 Å². The Hall–Kier alpha value is -4.61. The van der Waals surface area contributed by atoms with Gasteiger partial charge in [-0.15, -0.1) is 6.42 Å². The lowest BCUT2D eigenvalue weighted by molar-refractivity contribution is 0.107. The molecule has 3 atom stereocenters. The highest BCUT2D eigenvalue weighted by Crippen LogP contribution is 2.42. The van der Waals surface area contributed by atoms with Gasteiger partial charge in [0.15, 0.2) is 5.82 Å². The van der Waals surface area contributed by atoms with E-state index in [1.165, 1.54) is 30.5 Å². The van der Waals surface area contributed by atoms with E-state index in [0.717, 1.165) is 25.8 Å². The summed E-state index contributed by atoms with van der Waals surface area (Å²) in [6.45, 7) is 1.82. The molecule has 3 aliphatic heterocycles. The molecule has 0 bridgehead atoms. The number of phenolic OH excluding ortho intramolecular Hbond substituents is 1. The van der Waals surface area contributed by atoms with Crippen molar-refractivity contribution in [3.8, 4) is 41.4 Å². The molecular weight excluding hydrogens is 557 g/mol. The second kappa shape index (κ2) is 10.3.